The Labute approximate surface area is 93.6 Å². The summed E-state index contributed by atoms with van der Waals surface area (Å²) in [5.74, 6) is 1.36. The van der Waals surface area contributed by atoms with Crippen molar-refractivity contribution in [1.29, 1.82) is 0 Å². The number of hydrogen-bond acceptors (Lipinski definition) is 2. The first kappa shape index (κ1) is 12.7. The average molecular weight is 211 g/mol. The summed E-state index contributed by atoms with van der Waals surface area (Å²) in [5, 5.41) is 0. The first-order valence-electron chi connectivity index (χ1n) is 6.37. The lowest BCUT2D eigenvalue weighted by molar-refractivity contribution is -0.129. The minimum Gasteiger partial charge on any atom is -0.327 e. The molecule has 1 rings (SSSR count). The highest BCUT2D eigenvalue weighted by Gasteiger charge is 2.33. The van der Waals surface area contributed by atoms with E-state index in [0.29, 0.717) is 17.6 Å². The van der Waals surface area contributed by atoms with Gasteiger partial charge in [-0.05, 0) is 25.7 Å². The average Bonchev–Trinajstić information content (AvgIpc) is 2.26. The molecule has 88 valence electrons. The van der Waals surface area contributed by atoms with E-state index in [1.165, 1.54) is 19.3 Å². The van der Waals surface area contributed by atoms with E-state index in [2.05, 4.69) is 6.92 Å². The van der Waals surface area contributed by atoms with Crippen molar-refractivity contribution in [2.75, 3.05) is 0 Å². The highest BCUT2D eigenvalue weighted by Crippen LogP contribution is 2.34. The van der Waals surface area contributed by atoms with Gasteiger partial charge in [-0.3, -0.25) is 4.79 Å². The second-order valence-electron chi connectivity index (χ2n) is 5.11. The zero-order chi connectivity index (χ0) is 11.4. The molecule has 2 N–H and O–H groups in total. The summed E-state index contributed by atoms with van der Waals surface area (Å²) in [5.41, 5.74) is 5.81. The molecule has 4 atom stereocenters. The van der Waals surface area contributed by atoms with Crippen molar-refractivity contribution in [2.24, 2.45) is 23.5 Å². The van der Waals surface area contributed by atoms with Crippen molar-refractivity contribution >= 4 is 5.78 Å². The van der Waals surface area contributed by atoms with Crippen molar-refractivity contribution in [3.63, 3.8) is 0 Å². The smallest absolute Gasteiger partial charge is 0.140 e. The summed E-state index contributed by atoms with van der Waals surface area (Å²) in [4.78, 5) is 12.2. The van der Waals surface area contributed by atoms with Crippen LogP contribution >= 0.6 is 0 Å². The fourth-order valence-corrected chi connectivity index (χ4v) is 2.67. The summed E-state index contributed by atoms with van der Waals surface area (Å²) in [6.45, 7) is 6.12. The van der Waals surface area contributed by atoms with Crippen molar-refractivity contribution in [3.05, 3.63) is 0 Å². The van der Waals surface area contributed by atoms with Gasteiger partial charge in [-0.2, -0.15) is 0 Å². The third-order valence-electron chi connectivity index (χ3n) is 4.04. The van der Waals surface area contributed by atoms with Crippen LogP contribution in [0.25, 0.3) is 0 Å². The lowest BCUT2D eigenvalue weighted by Crippen LogP contribution is -2.38. The number of rotatable bonds is 4. The Morgan fingerprint density at radius 2 is 1.93 bits per heavy atom. The molecule has 0 amide bonds. The number of hydrogen-bond donors (Lipinski definition) is 1. The van der Waals surface area contributed by atoms with E-state index in [4.69, 9.17) is 5.73 Å². The Balaban J connectivity index is 2.63. The fourth-order valence-electron chi connectivity index (χ4n) is 2.67. The normalized spacial score (nSPS) is 30.9. The van der Waals surface area contributed by atoms with E-state index in [0.717, 1.165) is 12.8 Å². The van der Waals surface area contributed by atoms with Crippen molar-refractivity contribution in [1.82, 2.24) is 0 Å². The number of nitrogens with two attached hydrogens (primary N) is 1. The van der Waals surface area contributed by atoms with E-state index in [1.54, 1.807) is 0 Å². The predicted octanol–water partition coefficient (Wildman–Crippen LogP) is 2.76. The minimum atomic E-state index is -0.00284. The van der Waals surface area contributed by atoms with Gasteiger partial charge in [-0.15, -0.1) is 0 Å². The van der Waals surface area contributed by atoms with Crippen molar-refractivity contribution in [3.8, 4) is 0 Å². The molecule has 0 bridgehead atoms. The largest absolute Gasteiger partial charge is 0.327 e. The topological polar surface area (TPSA) is 43.1 Å². The van der Waals surface area contributed by atoms with Crippen LogP contribution in [-0.4, -0.2) is 11.8 Å². The van der Waals surface area contributed by atoms with Crippen LogP contribution in [-0.2, 0) is 4.79 Å². The van der Waals surface area contributed by atoms with Crippen LogP contribution in [0.15, 0.2) is 0 Å². The molecular weight excluding hydrogens is 186 g/mol. The van der Waals surface area contributed by atoms with Gasteiger partial charge in [-0.1, -0.05) is 33.1 Å². The molecule has 0 aromatic carbocycles. The number of Topliss-reactive ketones (excluding diaryl/α,β-unsaturated/α-hetero) is 1. The zero-order valence-electron chi connectivity index (χ0n) is 10.3. The van der Waals surface area contributed by atoms with Gasteiger partial charge in [0.2, 0.25) is 0 Å². The second kappa shape index (κ2) is 5.64. The molecule has 0 aliphatic heterocycles. The number of carbonyl (C=O) groups excluding carboxylic acids is 1. The Bertz CT molecular complexity index is 213. The van der Waals surface area contributed by atoms with E-state index in [9.17, 15) is 4.79 Å². The van der Waals surface area contributed by atoms with Crippen LogP contribution in [0, 0.1) is 17.8 Å². The predicted molar refractivity (Wildman–Crippen MR) is 63.6 cm³/mol. The van der Waals surface area contributed by atoms with Crippen LogP contribution in [0.3, 0.4) is 0 Å². The molecule has 0 spiro atoms. The Morgan fingerprint density at radius 1 is 1.33 bits per heavy atom. The van der Waals surface area contributed by atoms with Crippen LogP contribution in [0.5, 0.6) is 0 Å². The van der Waals surface area contributed by atoms with Gasteiger partial charge in [-0.25, -0.2) is 0 Å². The van der Waals surface area contributed by atoms with Crippen molar-refractivity contribution in [2.45, 2.75) is 58.9 Å². The van der Waals surface area contributed by atoms with Crippen LogP contribution in [0.1, 0.15) is 52.9 Å². The third kappa shape index (κ3) is 3.04. The van der Waals surface area contributed by atoms with E-state index >= 15 is 0 Å². The maximum absolute atomic E-state index is 12.2. The second-order valence-corrected chi connectivity index (χ2v) is 5.11. The molecule has 1 saturated carbocycles. The molecule has 0 aromatic rings. The Hall–Kier alpha value is -0.370. The lowest BCUT2D eigenvalue weighted by atomic mass is 9.72. The molecule has 0 heterocycles. The first-order valence-corrected chi connectivity index (χ1v) is 6.37. The monoisotopic (exact) mass is 211 g/mol. The van der Waals surface area contributed by atoms with Gasteiger partial charge in [0.15, 0.2) is 0 Å². The molecule has 1 aliphatic rings. The van der Waals surface area contributed by atoms with E-state index < -0.39 is 0 Å². The summed E-state index contributed by atoms with van der Waals surface area (Å²) in [6.07, 6.45) is 5.99. The zero-order valence-corrected chi connectivity index (χ0v) is 10.3. The van der Waals surface area contributed by atoms with Crippen molar-refractivity contribution < 1.29 is 4.79 Å². The molecule has 4 unspecified atom stereocenters. The summed E-state index contributed by atoms with van der Waals surface area (Å²) >= 11 is 0. The lowest BCUT2D eigenvalue weighted by Gasteiger charge is -2.32. The first-order chi connectivity index (χ1) is 7.07. The van der Waals surface area contributed by atoms with Crippen LogP contribution in [0.2, 0.25) is 0 Å². The molecular formula is C13H25NO. The SMILES string of the molecule is CCC1CCCCC1C(=O)C(C)C(C)N. The summed E-state index contributed by atoms with van der Waals surface area (Å²) in [6, 6.07) is -0.00284. The molecule has 1 aliphatic carbocycles. The van der Waals surface area contributed by atoms with Crippen LogP contribution in [0.4, 0.5) is 0 Å². The molecule has 0 saturated heterocycles. The molecule has 2 nitrogen and oxygen atoms in total. The van der Waals surface area contributed by atoms with Gasteiger partial charge >= 0.3 is 0 Å². The third-order valence-corrected chi connectivity index (χ3v) is 4.04. The van der Waals surface area contributed by atoms with Crippen LogP contribution < -0.4 is 5.73 Å². The maximum atomic E-state index is 12.2. The van der Waals surface area contributed by atoms with Gasteiger partial charge < -0.3 is 5.73 Å². The van der Waals surface area contributed by atoms with Gasteiger partial charge in [0.1, 0.15) is 5.78 Å². The standard InChI is InChI=1S/C13H25NO/c1-4-11-7-5-6-8-12(11)13(15)9(2)10(3)14/h9-12H,4-8,14H2,1-3H3. The summed E-state index contributed by atoms with van der Waals surface area (Å²) < 4.78 is 0. The highest BCUT2D eigenvalue weighted by molar-refractivity contribution is 5.84. The summed E-state index contributed by atoms with van der Waals surface area (Å²) in [7, 11) is 0. The van der Waals surface area contributed by atoms with Gasteiger partial charge in [0, 0.05) is 17.9 Å². The maximum Gasteiger partial charge on any atom is 0.140 e. The molecule has 0 radical (unpaired) electrons. The molecule has 15 heavy (non-hydrogen) atoms. The van der Waals surface area contributed by atoms with Gasteiger partial charge in [0.25, 0.3) is 0 Å². The number of ketones is 1. The Kier molecular flexibility index (Phi) is 4.78. The minimum absolute atomic E-state index is 0.00284. The molecule has 2 heteroatoms. The van der Waals surface area contributed by atoms with E-state index in [1.807, 2.05) is 13.8 Å². The highest BCUT2D eigenvalue weighted by atomic mass is 16.1. The number of carbonyl (C=O) groups is 1. The molecule has 1 fully saturated rings. The van der Waals surface area contributed by atoms with E-state index in [-0.39, 0.29) is 12.0 Å². The molecule has 0 aromatic heterocycles. The van der Waals surface area contributed by atoms with Gasteiger partial charge in [0.05, 0.1) is 0 Å². The Morgan fingerprint density at radius 3 is 2.47 bits per heavy atom. The fraction of sp³-hybridized carbons (Fsp3) is 0.923. The quantitative estimate of drug-likeness (QED) is 0.777.